The van der Waals surface area contributed by atoms with E-state index < -0.39 is 36.2 Å². The van der Waals surface area contributed by atoms with Gasteiger partial charge >= 0.3 is 6.55 Å². The molecule has 1 atom stereocenters. The number of imide groups is 2. The van der Waals surface area contributed by atoms with Crippen LogP contribution in [0, 0.1) is 0 Å². The van der Waals surface area contributed by atoms with Crippen LogP contribution >= 0.6 is 0 Å². The van der Waals surface area contributed by atoms with Gasteiger partial charge in [0.1, 0.15) is 11.8 Å². The number of carbonyl (C=O) groups is 4. The molecule has 3 aromatic carbocycles. The number of nitrogens with zero attached hydrogens (tertiary/aromatic N) is 4. The second kappa shape index (κ2) is 12.8. The van der Waals surface area contributed by atoms with Crippen LogP contribution in [-0.4, -0.2) is 75.3 Å². The van der Waals surface area contributed by atoms with E-state index in [1.807, 2.05) is 18.2 Å². The molecule has 9 rings (SSSR count). The summed E-state index contributed by atoms with van der Waals surface area (Å²) < 4.78 is 41.9. The number of hydrogen-bond donors (Lipinski definition) is 1. The molecule has 4 aliphatic heterocycles. The minimum Gasteiger partial charge on any atom is -0.494 e. The number of nitrogens with one attached hydrogen (secondary N) is 1. The Kier molecular flexibility index (Phi) is 8.08. The van der Waals surface area contributed by atoms with E-state index in [1.165, 1.54) is 11.8 Å². The van der Waals surface area contributed by atoms with Crippen molar-refractivity contribution in [3.63, 3.8) is 0 Å². The van der Waals surface area contributed by atoms with Crippen LogP contribution in [0.5, 0.6) is 5.75 Å². The number of likely N-dealkylation sites (tertiary alicyclic amines) is 1. The molecule has 4 amide bonds. The first-order valence-electron chi connectivity index (χ1n) is 17.9. The van der Waals surface area contributed by atoms with E-state index >= 15 is 0 Å². The Hall–Kier alpha value is -5.53. The van der Waals surface area contributed by atoms with Crippen molar-refractivity contribution in [1.82, 2.24) is 24.7 Å². The van der Waals surface area contributed by atoms with E-state index in [2.05, 4.69) is 33.4 Å². The number of benzene rings is 3. The molecule has 0 bridgehead atoms. The maximum Gasteiger partial charge on any atom is 0.319 e. The van der Waals surface area contributed by atoms with Gasteiger partial charge in [-0.1, -0.05) is 24.3 Å². The highest BCUT2D eigenvalue weighted by atomic mass is 19.3. The number of carbonyl (C=O) groups excluding carboxylic acids is 4. The fourth-order valence-electron chi connectivity index (χ4n) is 8.48. The molecule has 6 heterocycles. The first-order chi connectivity index (χ1) is 25.7. The van der Waals surface area contributed by atoms with Crippen molar-refractivity contribution < 1.29 is 37.4 Å². The average Bonchev–Trinajstić information content (AvgIpc) is 3.77. The number of alkyl halides is 2. The number of hydrogen-bond acceptors (Lipinski definition) is 8. The van der Waals surface area contributed by atoms with Gasteiger partial charge < -0.3 is 14.4 Å². The minimum atomic E-state index is -2.68. The maximum atomic E-state index is 14.2. The number of piperidine rings is 2. The lowest BCUT2D eigenvalue weighted by Gasteiger charge is -2.39. The summed E-state index contributed by atoms with van der Waals surface area (Å²) in [6.07, 6.45) is 5.79. The Morgan fingerprint density at radius 3 is 2.51 bits per heavy atom. The fourth-order valence-corrected chi connectivity index (χ4v) is 8.48. The monoisotopic (exact) mass is 719 g/mol. The molecule has 270 valence electrons. The van der Waals surface area contributed by atoms with Crippen molar-refractivity contribution >= 4 is 45.4 Å². The van der Waals surface area contributed by atoms with E-state index in [4.69, 9.17) is 9.47 Å². The van der Waals surface area contributed by atoms with Crippen LogP contribution in [0.1, 0.15) is 70.5 Å². The van der Waals surface area contributed by atoms with E-state index in [-0.39, 0.29) is 29.6 Å². The summed E-state index contributed by atoms with van der Waals surface area (Å²) >= 11 is 0. The van der Waals surface area contributed by atoms with Gasteiger partial charge in [-0.3, -0.25) is 38.9 Å². The SMILES string of the molecule is O=C1CCC(N2C(=O)c3ccc(OCCCN4CCC5(CC4)OCc4cc(-c6ccc7c8cnccc8n(C(F)F)c7c6)ccc45)cc3C2=O)C(=O)N1. The molecule has 0 aliphatic carbocycles. The molecular formula is C40H35F2N5O6. The van der Waals surface area contributed by atoms with E-state index in [1.54, 1.807) is 30.5 Å². The molecule has 13 heteroatoms. The smallest absolute Gasteiger partial charge is 0.319 e. The van der Waals surface area contributed by atoms with E-state index in [0.717, 1.165) is 70.4 Å². The van der Waals surface area contributed by atoms with Gasteiger partial charge in [-0.2, -0.15) is 8.78 Å². The van der Waals surface area contributed by atoms with Crippen molar-refractivity contribution in [2.75, 3.05) is 26.2 Å². The Balaban J connectivity index is 0.807. The van der Waals surface area contributed by atoms with Crippen LogP contribution in [0.25, 0.3) is 32.9 Å². The van der Waals surface area contributed by atoms with Gasteiger partial charge in [0.25, 0.3) is 11.8 Å². The van der Waals surface area contributed by atoms with Crippen molar-refractivity contribution in [1.29, 1.82) is 0 Å². The van der Waals surface area contributed by atoms with E-state index in [0.29, 0.717) is 35.4 Å². The number of ether oxygens (including phenoxy) is 2. The molecule has 2 fully saturated rings. The molecule has 0 saturated carbocycles. The van der Waals surface area contributed by atoms with Gasteiger partial charge in [-0.15, -0.1) is 0 Å². The van der Waals surface area contributed by atoms with Crippen LogP contribution in [0.4, 0.5) is 8.78 Å². The molecule has 1 spiro atoms. The third-order valence-corrected chi connectivity index (χ3v) is 11.2. The summed E-state index contributed by atoms with van der Waals surface area (Å²) in [5, 5.41) is 3.66. The lowest BCUT2D eigenvalue weighted by Crippen LogP contribution is -2.54. The average molecular weight is 720 g/mol. The number of fused-ring (bicyclic) bond motifs is 6. The molecule has 11 nitrogen and oxygen atoms in total. The number of halogens is 2. The normalized spacial score (nSPS) is 19.8. The summed E-state index contributed by atoms with van der Waals surface area (Å²) in [6, 6.07) is 17.4. The van der Waals surface area contributed by atoms with Crippen LogP contribution in [-0.2, 0) is 26.5 Å². The molecule has 2 saturated heterocycles. The van der Waals surface area contributed by atoms with Crippen molar-refractivity contribution in [2.45, 2.75) is 56.9 Å². The molecule has 1 unspecified atom stereocenters. The van der Waals surface area contributed by atoms with Crippen molar-refractivity contribution in [3.05, 3.63) is 95.3 Å². The Morgan fingerprint density at radius 2 is 1.70 bits per heavy atom. The van der Waals surface area contributed by atoms with E-state index in [9.17, 15) is 28.0 Å². The van der Waals surface area contributed by atoms with Gasteiger partial charge in [-0.25, -0.2) is 0 Å². The molecule has 4 aliphatic rings. The van der Waals surface area contributed by atoms with Gasteiger partial charge in [-0.05, 0) is 84.3 Å². The standard InChI is InChI=1S/C40H35F2N5O6/c41-39(42)46-32-10-13-43-21-30(32)27-5-2-24(19-34(27)46)23-3-7-31-25(18-23)22-53-40(31)11-15-45(16-12-40)14-1-17-52-26-4-6-28-29(20-26)38(51)47(37(28)50)33-8-9-35(48)44-36(33)49/h2-7,10,13,18-21,33,39H,1,8-9,11-12,14-17,22H2,(H,44,48,49). The summed E-state index contributed by atoms with van der Waals surface area (Å²) in [5.41, 5.74) is 5.13. The number of rotatable bonds is 8. The van der Waals surface area contributed by atoms with Crippen LogP contribution in [0.3, 0.4) is 0 Å². The van der Waals surface area contributed by atoms with Crippen LogP contribution < -0.4 is 10.1 Å². The van der Waals surface area contributed by atoms with Crippen molar-refractivity contribution in [2.24, 2.45) is 0 Å². The molecule has 0 radical (unpaired) electrons. The summed E-state index contributed by atoms with van der Waals surface area (Å²) in [5.74, 6) is -1.70. The predicted molar refractivity (Wildman–Crippen MR) is 189 cm³/mol. The van der Waals surface area contributed by atoms with Crippen LogP contribution in [0.2, 0.25) is 0 Å². The zero-order valence-corrected chi connectivity index (χ0v) is 28.6. The third kappa shape index (κ3) is 5.57. The first-order valence-corrected chi connectivity index (χ1v) is 17.9. The maximum absolute atomic E-state index is 14.2. The van der Waals surface area contributed by atoms with Gasteiger partial charge in [0.15, 0.2) is 0 Å². The zero-order chi connectivity index (χ0) is 36.4. The number of aromatic nitrogens is 2. The Bertz CT molecular complexity index is 2350. The first kappa shape index (κ1) is 33.3. The second-order valence-corrected chi connectivity index (χ2v) is 14.1. The quantitative estimate of drug-likeness (QED) is 0.155. The Morgan fingerprint density at radius 1 is 0.906 bits per heavy atom. The second-order valence-electron chi connectivity index (χ2n) is 14.1. The highest BCUT2D eigenvalue weighted by molar-refractivity contribution is 6.23. The van der Waals surface area contributed by atoms with Gasteiger partial charge in [0.05, 0.1) is 41.0 Å². The molecule has 1 N–H and O–H groups in total. The van der Waals surface area contributed by atoms with Gasteiger partial charge in [0, 0.05) is 49.2 Å². The third-order valence-electron chi connectivity index (χ3n) is 11.2. The zero-order valence-electron chi connectivity index (χ0n) is 28.6. The highest BCUT2D eigenvalue weighted by Crippen LogP contribution is 2.45. The van der Waals surface area contributed by atoms with Crippen LogP contribution in [0.15, 0.2) is 73.1 Å². The topological polar surface area (TPSA) is 123 Å². The number of amides is 4. The molecule has 53 heavy (non-hydrogen) atoms. The summed E-state index contributed by atoms with van der Waals surface area (Å²) in [7, 11) is 0. The fraction of sp³-hybridized carbons (Fsp3) is 0.325. The van der Waals surface area contributed by atoms with Crippen molar-refractivity contribution in [3.8, 4) is 16.9 Å². The van der Waals surface area contributed by atoms with Gasteiger partial charge in [0.2, 0.25) is 11.8 Å². The lowest BCUT2D eigenvalue weighted by molar-refractivity contribution is -0.136. The molecular weight excluding hydrogens is 684 g/mol. The summed E-state index contributed by atoms with van der Waals surface area (Å²) in [6.45, 7) is 0.782. The summed E-state index contributed by atoms with van der Waals surface area (Å²) in [4.78, 5) is 57.5. The molecule has 5 aromatic rings. The largest absolute Gasteiger partial charge is 0.494 e. The molecule has 2 aromatic heterocycles. The lowest BCUT2D eigenvalue weighted by atomic mass is 9.83. The highest BCUT2D eigenvalue weighted by Gasteiger charge is 2.45. The predicted octanol–water partition coefficient (Wildman–Crippen LogP) is 5.94. The number of pyridine rings is 1. The minimum absolute atomic E-state index is 0.0660. The Labute approximate surface area is 302 Å².